The van der Waals surface area contributed by atoms with Gasteiger partial charge in [-0.2, -0.15) is 0 Å². The Kier molecular flexibility index (Phi) is 5.14. The van der Waals surface area contributed by atoms with Crippen LogP contribution < -0.4 is 0 Å². The third-order valence-electron chi connectivity index (χ3n) is 5.19. The molecule has 3 rings (SSSR count). The molecule has 0 saturated heterocycles. The van der Waals surface area contributed by atoms with E-state index in [0.29, 0.717) is 12.5 Å². The molecule has 3 nitrogen and oxygen atoms in total. The number of para-hydroxylation sites is 2. The number of aliphatic hydroxyl groups is 1. The summed E-state index contributed by atoms with van der Waals surface area (Å²) in [5.41, 5.74) is 2.23. The lowest BCUT2D eigenvalue weighted by Crippen LogP contribution is -2.18. The first-order chi connectivity index (χ1) is 10.8. The minimum Gasteiger partial charge on any atom is -0.395 e. The second kappa shape index (κ2) is 7.28. The van der Waals surface area contributed by atoms with Gasteiger partial charge in [0.2, 0.25) is 0 Å². The van der Waals surface area contributed by atoms with Crippen LogP contribution in [0.25, 0.3) is 11.0 Å². The predicted molar refractivity (Wildman–Crippen MR) is 91.0 cm³/mol. The minimum absolute atomic E-state index is 0.180. The molecule has 0 amide bonds. The van der Waals surface area contributed by atoms with Crippen molar-refractivity contribution in [2.75, 3.05) is 6.61 Å². The standard InChI is InChI=1S/C19H28N2O/c1-2-3-6-15-9-11-16(12-10-15)19-20-17-7-4-5-8-18(17)21(19)13-14-22/h4-5,7-8,15-16,22H,2-3,6,9-14H2,1H3. The van der Waals surface area contributed by atoms with E-state index in [0.717, 1.165) is 11.4 Å². The fourth-order valence-corrected chi connectivity index (χ4v) is 3.94. The molecule has 1 saturated carbocycles. The van der Waals surface area contributed by atoms with Gasteiger partial charge in [-0.1, -0.05) is 38.3 Å². The Morgan fingerprint density at radius 1 is 1.18 bits per heavy atom. The summed E-state index contributed by atoms with van der Waals surface area (Å²) in [5.74, 6) is 2.69. The third-order valence-corrected chi connectivity index (χ3v) is 5.19. The number of nitrogens with zero attached hydrogens (tertiary/aromatic N) is 2. The van der Waals surface area contributed by atoms with Gasteiger partial charge in [0.15, 0.2) is 0 Å². The molecule has 1 heterocycles. The molecule has 0 radical (unpaired) electrons. The van der Waals surface area contributed by atoms with E-state index in [2.05, 4.69) is 29.7 Å². The number of aromatic nitrogens is 2. The topological polar surface area (TPSA) is 38.0 Å². The van der Waals surface area contributed by atoms with Crippen molar-refractivity contribution in [2.24, 2.45) is 5.92 Å². The lowest BCUT2D eigenvalue weighted by atomic mass is 9.79. The fraction of sp³-hybridized carbons (Fsp3) is 0.632. The highest BCUT2D eigenvalue weighted by Gasteiger charge is 2.26. The van der Waals surface area contributed by atoms with Crippen LogP contribution in [0.15, 0.2) is 24.3 Å². The molecule has 0 bridgehead atoms. The van der Waals surface area contributed by atoms with Gasteiger partial charge < -0.3 is 9.67 Å². The van der Waals surface area contributed by atoms with E-state index in [1.54, 1.807) is 0 Å². The quantitative estimate of drug-likeness (QED) is 0.853. The van der Waals surface area contributed by atoms with E-state index >= 15 is 0 Å². The van der Waals surface area contributed by atoms with Crippen molar-refractivity contribution in [2.45, 2.75) is 64.3 Å². The molecule has 1 aliphatic rings. The van der Waals surface area contributed by atoms with Gasteiger partial charge in [0.05, 0.1) is 17.6 Å². The molecule has 1 fully saturated rings. The van der Waals surface area contributed by atoms with Crippen molar-refractivity contribution in [1.29, 1.82) is 0 Å². The molecular weight excluding hydrogens is 272 g/mol. The van der Waals surface area contributed by atoms with Gasteiger partial charge >= 0.3 is 0 Å². The number of unbranched alkanes of at least 4 members (excludes halogenated alkanes) is 1. The molecule has 22 heavy (non-hydrogen) atoms. The van der Waals surface area contributed by atoms with Crippen molar-refractivity contribution >= 4 is 11.0 Å². The first kappa shape index (κ1) is 15.5. The van der Waals surface area contributed by atoms with Gasteiger partial charge in [0, 0.05) is 12.5 Å². The Morgan fingerprint density at radius 2 is 1.95 bits per heavy atom. The van der Waals surface area contributed by atoms with Crippen LogP contribution in [0.4, 0.5) is 0 Å². The average Bonchev–Trinajstić information content (AvgIpc) is 2.93. The molecular formula is C19H28N2O. The zero-order valence-electron chi connectivity index (χ0n) is 13.7. The lowest BCUT2D eigenvalue weighted by molar-refractivity contribution is 0.266. The predicted octanol–water partition coefficient (Wildman–Crippen LogP) is 4.49. The van der Waals surface area contributed by atoms with Crippen LogP contribution in [0.2, 0.25) is 0 Å². The van der Waals surface area contributed by atoms with Gasteiger partial charge in [-0.3, -0.25) is 0 Å². The van der Waals surface area contributed by atoms with Crippen molar-refractivity contribution in [3.8, 4) is 0 Å². The third kappa shape index (κ3) is 3.19. The monoisotopic (exact) mass is 300 g/mol. The summed E-state index contributed by atoms with van der Waals surface area (Å²) in [6.07, 6.45) is 9.27. The Labute approximate surface area is 133 Å². The number of fused-ring (bicyclic) bond motifs is 1. The maximum Gasteiger partial charge on any atom is 0.113 e. The minimum atomic E-state index is 0.180. The van der Waals surface area contributed by atoms with E-state index in [4.69, 9.17) is 4.98 Å². The molecule has 0 spiro atoms. The Morgan fingerprint density at radius 3 is 2.68 bits per heavy atom. The molecule has 0 unspecified atom stereocenters. The number of hydrogen-bond donors (Lipinski definition) is 1. The Hall–Kier alpha value is -1.35. The SMILES string of the molecule is CCCCC1CCC(c2nc3ccccc3n2CCO)CC1. The zero-order chi connectivity index (χ0) is 15.4. The molecule has 1 aliphatic carbocycles. The summed E-state index contributed by atoms with van der Waals surface area (Å²) in [6, 6.07) is 8.31. The largest absolute Gasteiger partial charge is 0.395 e. The highest BCUT2D eigenvalue weighted by molar-refractivity contribution is 5.76. The van der Waals surface area contributed by atoms with Crippen LogP contribution >= 0.6 is 0 Å². The van der Waals surface area contributed by atoms with E-state index in [-0.39, 0.29) is 6.61 Å². The van der Waals surface area contributed by atoms with Crippen LogP contribution in [0.5, 0.6) is 0 Å². The summed E-state index contributed by atoms with van der Waals surface area (Å²) >= 11 is 0. The van der Waals surface area contributed by atoms with Crippen molar-refractivity contribution in [3.05, 3.63) is 30.1 Å². The second-order valence-electron chi connectivity index (χ2n) is 6.69. The van der Waals surface area contributed by atoms with Crippen LogP contribution in [0.1, 0.15) is 63.6 Å². The van der Waals surface area contributed by atoms with E-state index < -0.39 is 0 Å². The van der Waals surface area contributed by atoms with E-state index in [1.807, 2.05) is 6.07 Å². The van der Waals surface area contributed by atoms with E-state index in [9.17, 15) is 5.11 Å². The van der Waals surface area contributed by atoms with Crippen LogP contribution in [-0.4, -0.2) is 21.3 Å². The Balaban J connectivity index is 1.77. The zero-order valence-corrected chi connectivity index (χ0v) is 13.7. The number of imidazole rings is 1. The molecule has 0 aliphatic heterocycles. The molecule has 3 heteroatoms. The summed E-state index contributed by atoms with van der Waals surface area (Å²) in [5, 5.41) is 9.41. The molecule has 1 aromatic carbocycles. The highest BCUT2D eigenvalue weighted by atomic mass is 16.3. The van der Waals surface area contributed by atoms with Crippen LogP contribution in [0.3, 0.4) is 0 Å². The van der Waals surface area contributed by atoms with Crippen LogP contribution in [0, 0.1) is 5.92 Å². The van der Waals surface area contributed by atoms with Gasteiger partial charge in [-0.15, -0.1) is 0 Å². The maximum absolute atomic E-state index is 9.41. The van der Waals surface area contributed by atoms with Gasteiger partial charge in [-0.05, 0) is 43.7 Å². The Bertz CT molecular complexity index is 597. The highest BCUT2D eigenvalue weighted by Crippen LogP contribution is 2.38. The second-order valence-corrected chi connectivity index (χ2v) is 6.69. The summed E-state index contributed by atoms with van der Waals surface area (Å²) in [4.78, 5) is 4.89. The van der Waals surface area contributed by atoms with Gasteiger partial charge in [0.25, 0.3) is 0 Å². The number of benzene rings is 1. The molecule has 1 aromatic heterocycles. The normalized spacial score (nSPS) is 22.3. The van der Waals surface area contributed by atoms with Crippen LogP contribution in [-0.2, 0) is 6.54 Å². The smallest absolute Gasteiger partial charge is 0.113 e. The van der Waals surface area contributed by atoms with E-state index in [1.165, 1.54) is 56.3 Å². The molecule has 0 atom stereocenters. The van der Waals surface area contributed by atoms with Crippen molar-refractivity contribution < 1.29 is 5.11 Å². The first-order valence-corrected chi connectivity index (χ1v) is 8.89. The summed E-state index contributed by atoms with van der Waals surface area (Å²) in [7, 11) is 0. The number of rotatable bonds is 6. The summed E-state index contributed by atoms with van der Waals surface area (Å²) < 4.78 is 2.24. The average molecular weight is 300 g/mol. The van der Waals surface area contributed by atoms with Gasteiger partial charge in [-0.25, -0.2) is 4.98 Å². The molecule has 120 valence electrons. The maximum atomic E-state index is 9.41. The van der Waals surface area contributed by atoms with Gasteiger partial charge in [0.1, 0.15) is 5.82 Å². The van der Waals surface area contributed by atoms with Crippen molar-refractivity contribution in [3.63, 3.8) is 0 Å². The van der Waals surface area contributed by atoms with Crippen molar-refractivity contribution in [1.82, 2.24) is 9.55 Å². The number of aliphatic hydroxyl groups excluding tert-OH is 1. The lowest BCUT2D eigenvalue weighted by Gasteiger charge is -2.28. The summed E-state index contributed by atoms with van der Waals surface area (Å²) in [6.45, 7) is 3.12. The molecule has 1 N–H and O–H groups in total. The molecule has 2 aromatic rings. The fourth-order valence-electron chi connectivity index (χ4n) is 3.94. The first-order valence-electron chi connectivity index (χ1n) is 8.89. The number of hydrogen-bond acceptors (Lipinski definition) is 2.